The summed E-state index contributed by atoms with van der Waals surface area (Å²) < 4.78 is 5.29. The van der Waals surface area contributed by atoms with Gasteiger partial charge >= 0.3 is 5.97 Å². The fourth-order valence-electron chi connectivity index (χ4n) is 3.00. The molecule has 1 aliphatic heterocycles. The number of hydrogen-bond acceptors (Lipinski definition) is 4. The molecule has 0 aliphatic carbocycles. The van der Waals surface area contributed by atoms with Crippen LogP contribution in [0, 0.1) is 0 Å². The molecule has 3 rings (SSSR count). The maximum atomic E-state index is 11.1. The Hall–Kier alpha value is -3.06. The van der Waals surface area contributed by atoms with E-state index < -0.39 is 5.97 Å². The third-order valence-electron chi connectivity index (χ3n) is 4.74. The molecular weight excluding hydrogens is 356 g/mol. The smallest absolute Gasteiger partial charge is 0.335 e. The van der Waals surface area contributed by atoms with E-state index in [9.17, 15) is 4.79 Å². The van der Waals surface area contributed by atoms with Gasteiger partial charge in [0.15, 0.2) is 5.96 Å². The number of guanidine groups is 1. The van der Waals surface area contributed by atoms with Crippen LogP contribution in [-0.4, -0.2) is 67.2 Å². The number of nitrogens with zero attached hydrogens (tertiary/aromatic N) is 3. The average molecular weight is 382 g/mol. The van der Waals surface area contributed by atoms with Gasteiger partial charge in [-0.3, -0.25) is 0 Å². The number of hydrogen-bond donors (Lipinski definition) is 2. The summed E-state index contributed by atoms with van der Waals surface area (Å²) in [6.45, 7) is 4.23. The van der Waals surface area contributed by atoms with E-state index in [4.69, 9.17) is 14.8 Å². The molecule has 0 atom stereocenters. The second kappa shape index (κ2) is 9.23. The first-order valence-electron chi connectivity index (χ1n) is 9.26. The lowest BCUT2D eigenvalue weighted by atomic mass is 10.2. The zero-order chi connectivity index (χ0) is 19.9. The van der Waals surface area contributed by atoms with Crippen LogP contribution in [-0.2, 0) is 6.54 Å². The minimum absolute atomic E-state index is 0.264. The fourth-order valence-corrected chi connectivity index (χ4v) is 3.00. The first-order chi connectivity index (χ1) is 13.5. The average Bonchev–Trinajstić information content (AvgIpc) is 2.72. The number of carboxylic acids is 1. The molecule has 1 aliphatic rings. The van der Waals surface area contributed by atoms with Gasteiger partial charge in [-0.15, -0.1) is 0 Å². The molecule has 7 nitrogen and oxygen atoms in total. The summed E-state index contributed by atoms with van der Waals surface area (Å²) in [5, 5.41) is 12.4. The Balaban J connectivity index is 1.78. The summed E-state index contributed by atoms with van der Waals surface area (Å²) >= 11 is 0. The zero-order valence-corrected chi connectivity index (χ0v) is 16.3. The van der Waals surface area contributed by atoms with Crippen molar-refractivity contribution < 1.29 is 14.6 Å². The summed E-state index contributed by atoms with van der Waals surface area (Å²) in [4.78, 5) is 20.4. The van der Waals surface area contributed by atoms with Crippen LogP contribution in [0.15, 0.2) is 53.5 Å². The van der Waals surface area contributed by atoms with Crippen LogP contribution in [0.1, 0.15) is 15.9 Å². The van der Waals surface area contributed by atoms with E-state index in [1.165, 1.54) is 0 Å². The van der Waals surface area contributed by atoms with Crippen molar-refractivity contribution in [3.8, 4) is 5.75 Å². The number of ether oxygens (including phenoxy) is 1. The normalized spacial score (nSPS) is 15.4. The van der Waals surface area contributed by atoms with Crippen molar-refractivity contribution in [2.75, 3.05) is 45.7 Å². The number of likely N-dealkylation sites (N-methyl/N-ethyl adjacent to an activating group) is 1. The summed E-state index contributed by atoms with van der Waals surface area (Å²) in [5.74, 6) is 0.669. The highest BCUT2D eigenvalue weighted by Crippen LogP contribution is 2.15. The highest BCUT2D eigenvalue weighted by molar-refractivity contribution is 5.94. The van der Waals surface area contributed by atoms with E-state index in [2.05, 4.69) is 22.2 Å². The first-order valence-corrected chi connectivity index (χ1v) is 9.26. The van der Waals surface area contributed by atoms with Crippen LogP contribution in [0.4, 0.5) is 5.69 Å². The van der Waals surface area contributed by atoms with Gasteiger partial charge in [-0.2, -0.15) is 0 Å². The maximum Gasteiger partial charge on any atom is 0.335 e. The molecule has 1 heterocycles. The Bertz CT molecular complexity index is 828. The summed E-state index contributed by atoms with van der Waals surface area (Å²) in [7, 11) is 3.77. The quantitative estimate of drug-likeness (QED) is 0.611. The second-order valence-corrected chi connectivity index (χ2v) is 6.79. The number of aliphatic imine (C=N–C) groups is 1. The molecule has 1 saturated heterocycles. The van der Waals surface area contributed by atoms with Crippen LogP contribution in [0.2, 0.25) is 0 Å². The van der Waals surface area contributed by atoms with E-state index >= 15 is 0 Å². The van der Waals surface area contributed by atoms with E-state index in [1.54, 1.807) is 31.4 Å². The Morgan fingerprint density at radius 3 is 2.50 bits per heavy atom. The minimum Gasteiger partial charge on any atom is -0.497 e. The summed E-state index contributed by atoms with van der Waals surface area (Å²) in [5.41, 5.74) is 2.14. The molecule has 0 spiro atoms. The summed E-state index contributed by atoms with van der Waals surface area (Å²) in [6, 6.07) is 14.6. The SMILES string of the molecule is COc1cccc(CN=C(Nc2ccc(C(=O)O)cc2)N2CCN(C)CC2)c1. The van der Waals surface area contributed by atoms with Crippen molar-refractivity contribution >= 4 is 17.6 Å². The lowest BCUT2D eigenvalue weighted by Gasteiger charge is -2.34. The topological polar surface area (TPSA) is 77.4 Å². The number of aromatic carboxylic acids is 1. The van der Waals surface area contributed by atoms with Crippen molar-refractivity contribution in [1.29, 1.82) is 0 Å². The van der Waals surface area contributed by atoms with Crippen molar-refractivity contribution in [3.63, 3.8) is 0 Å². The van der Waals surface area contributed by atoms with Crippen LogP contribution in [0.5, 0.6) is 5.75 Å². The molecule has 7 heteroatoms. The third-order valence-corrected chi connectivity index (χ3v) is 4.74. The van der Waals surface area contributed by atoms with Crippen LogP contribution in [0.25, 0.3) is 0 Å². The van der Waals surface area contributed by atoms with Crippen LogP contribution >= 0.6 is 0 Å². The molecule has 28 heavy (non-hydrogen) atoms. The molecule has 0 unspecified atom stereocenters. The molecule has 2 N–H and O–H groups in total. The van der Waals surface area contributed by atoms with Gasteiger partial charge in [-0.1, -0.05) is 12.1 Å². The monoisotopic (exact) mass is 382 g/mol. The number of nitrogens with one attached hydrogen (secondary N) is 1. The van der Waals surface area contributed by atoms with Gasteiger partial charge in [-0.25, -0.2) is 9.79 Å². The lowest BCUT2D eigenvalue weighted by molar-refractivity contribution is 0.0697. The fraction of sp³-hybridized carbons (Fsp3) is 0.333. The number of anilines is 1. The Morgan fingerprint density at radius 2 is 1.86 bits per heavy atom. The van der Waals surface area contributed by atoms with Crippen molar-refractivity contribution in [2.24, 2.45) is 4.99 Å². The number of piperazine rings is 1. The second-order valence-electron chi connectivity index (χ2n) is 6.79. The predicted molar refractivity (Wildman–Crippen MR) is 110 cm³/mol. The van der Waals surface area contributed by atoms with E-state index in [1.807, 2.05) is 24.3 Å². The molecule has 2 aromatic carbocycles. The standard InChI is InChI=1S/C21H26N4O3/c1-24-10-12-25(13-11-24)21(22-15-16-4-3-5-19(14-16)28-2)23-18-8-6-17(7-9-18)20(26)27/h3-9,14H,10-13,15H2,1-2H3,(H,22,23)(H,26,27). The zero-order valence-electron chi connectivity index (χ0n) is 16.3. The van der Waals surface area contributed by atoms with E-state index in [0.717, 1.165) is 49.1 Å². The molecule has 0 amide bonds. The lowest BCUT2D eigenvalue weighted by Crippen LogP contribution is -2.49. The Kier molecular flexibility index (Phi) is 6.49. The van der Waals surface area contributed by atoms with Gasteiger partial charge in [0.05, 0.1) is 19.2 Å². The van der Waals surface area contributed by atoms with Gasteiger partial charge in [0.1, 0.15) is 5.75 Å². The molecule has 0 radical (unpaired) electrons. The van der Waals surface area contributed by atoms with Gasteiger partial charge < -0.3 is 25.0 Å². The molecule has 148 valence electrons. The first kappa shape index (κ1) is 19.7. The number of carbonyl (C=O) groups is 1. The number of methoxy groups -OCH3 is 1. The minimum atomic E-state index is -0.933. The molecule has 0 aromatic heterocycles. The number of carboxylic acid groups (broad SMARTS) is 1. The highest BCUT2D eigenvalue weighted by Gasteiger charge is 2.18. The van der Waals surface area contributed by atoms with Crippen molar-refractivity contribution in [1.82, 2.24) is 9.80 Å². The molecule has 0 saturated carbocycles. The summed E-state index contributed by atoms with van der Waals surface area (Å²) in [6.07, 6.45) is 0. The molecule has 2 aromatic rings. The van der Waals surface area contributed by atoms with Crippen LogP contribution < -0.4 is 10.1 Å². The van der Waals surface area contributed by atoms with E-state index in [0.29, 0.717) is 6.54 Å². The van der Waals surface area contributed by atoms with Crippen molar-refractivity contribution in [3.05, 3.63) is 59.7 Å². The Labute approximate surface area is 165 Å². The van der Waals surface area contributed by atoms with E-state index in [-0.39, 0.29) is 5.56 Å². The molecule has 1 fully saturated rings. The predicted octanol–water partition coefficient (Wildman–Crippen LogP) is 2.61. The highest BCUT2D eigenvalue weighted by atomic mass is 16.5. The number of benzene rings is 2. The largest absolute Gasteiger partial charge is 0.497 e. The number of rotatable bonds is 5. The van der Waals surface area contributed by atoms with Gasteiger partial charge in [0, 0.05) is 31.9 Å². The maximum absolute atomic E-state index is 11.1. The Morgan fingerprint density at radius 1 is 1.14 bits per heavy atom. The molecule has 0 bridgehead atoms. The van der Waals surface area contributed by atoms with Gasteiger partial charge in [0.2, 0.25) is 0 Å². The van der Waals surface area contributed by atoms with Crippen LogP contribution in [0.3, 0.4) is 0 Å². The van der Waals surface area contributed by atoms with Gasteiger partial charge in [0.25, 0.3) is 0 Å². The van der Waals surface area contributed by atoms with Gasteiger partial charge in [-0.05, 0) is 49.0 Å². The van der Waals surface area contributed by atoms with Crippen molar-refractivity contribution in [2.45, 2.75) is 6.54 Å². The third kappa shape index (κ3) is 5.23. The molecular formula is C21H26N4O3.